The molecule has 160 valence electrons. The van der Waals surface area contributed by atoms with E-state index in [0.29, 0.717) is 13.0 Å². The van der Waals surface area contributed by atoms with Gasteiger partial charge in [0, 0.05) is 6.54 Å². The van der Waals surface area contributed by atoms with E-state index in [1.807, 2.05) is 5.32 Å². The van der Waals surface area contributed by atoms with E-state index in [2.05, 4.69) is 15.6 Å². The average molecular weight is 405 g/mol. The van der Waals surface area contributed by atoms with E-state index in [9.17, 15) is 24.3 Å². The minimum absolute atomic E-state index is 0.0779. The lowest BCUT2D eigenvalue weighted by Gasteiger charge is -2.19. The number of aliphatic hydroxyl groups excluding tert-OH is 2. The van der Waals surface area contributed by atoms with Crippen LogP contribution in [0.5, 0.6) is 0 Å². The number of aliphatic imine (C=N–C) groups is 1. The normalized spacial score (nSPS) is 13.5. The van der Waals surface area contributed by atoms with Gasteiger partial charge in [-0.25, -0.2) is 4.79 Å². The average Bonchev–Trinajstić information content (AvgIpc) is 2.64. The third kappa shape index (κ3) is 10.2. The van der Waals surface area contributed by atoms with Gasteiger partial charge in [-0.05, 0) is 12.8 Å². The van der Waals surface area contributed by atoms with Crippen LogP contribution in [0.1, 0.15) is 12.8 Å². The molecule has 12 N–H and O–H groups in total. The number of carboxylic acid groups (broad SMARTS) is 1. The number of hydrogen-bond acceptors (Lipinski definition) is 8. The zero-order valence-corrected chi connectivity index (χ0v) is 15.1. The number of nitrogens with two attached hydrogens (primary N) is 3. The van der Waals surface area contributed by atoms with E-state index < -0.39 is 61.6 Å². The fourth-order valence-corrected chi connectivity index (χ4v) is 1.85. The first kappa shape index (κ1) is 25.0. The molecule has 0 heterocycles. The maximum absolute atomic E-state index is 11.8. The van der Waals surface area contributed by atoms with E-state index in [-0.39, 0.29) is 12.4 Å². The van der Waals surface area contributed by atoms with Crippen molar-refractivity contribution in [1.82, 2.24) is 16.0 Å². The van der Waals surface area contributed by atoms with Gasteiger partial charge in [0.1, 0.15) is 12.1 Å². The second-order valence-corrected chi connectivity index (χ2v) is 5.66. The fourth-order valence-electron chi connectivity index (χ4n) is 1.85. The summed E-state index contributed by atoms with van der Waals surface area (Å²) >= 11 is 0. The molecule has 0 aliphatic heterocycles. The van der Waals surface area contributed by atoms with Crippen LogP contribution in [-0.2, 0) is 19.2 Å². The van der Waals surface area contributed by atoms with Gasteiger partial charge in [0.15, 0.2) is 5.96 Å². The van der Waals surface area contributed by atoms with Crippen molar-refractivity contribution >= 4 is 29.7 Å². The molecule has 0 aliphatic rings. The van der Waals surface area contributed by atoms with Crippen molar-refractivity contribution in [2.45, 2.75) is 31.0 Å². The predicted molar refractivity (Wildman–Crippen MR) is 96.6 cm³/mol. The summed E-state index contributed by atoms with van der Waals surface area (Å²) in [5.74, 6) is -4.01. The van der Waals surface area contributed by atoms with Gasteiger partial charge in [-0.3, -0.25) is 19.4 Å². The summed E-state index contributed by atoms with van der Waals surface area (Å²) < 4.78 is 0. The maximum atomic E-state index is 11.8. The second-order valence-electron chi connectivity index (χ2n) is 5.66. The fraction of sp³-hybridized carbons (Fsp3) is 0.643. The molecule has 3 atom stereocenters. The van der Waals surface area contributed by atoms with Crippen molar-refractivity contribution < 1.29 is 34.5 Å². The summed E-state index contributed by atoms with van der Waals surface area (Å²) in [7, 11) is 0. The number of carbonyl (C=O) groups excluding carboxylic acids is 3. The summed E-state index contributed by atoms with van der Waals surface area (Å²) in [5, 5.41) is 33.1. The number of carbonyl (C=O) groups is 4. The Morgan fingerprint density at radius 1 is 0.964 bits per heavy atom. The topological polar surface area (TPSA) is 255 Å². The Morgan fingerprint density at radius 2 is 1.57 bits per heavy atom. The van der Waals surface area contributed by atoms with Gasteiger partial charge in [0.25, 0.3) is 0 Å². The number of hydrogen-bond donors (Lipinski definition) is 9. The SMILES string of the molecule is NC(N)=NCCCC(N)C(=O)NCC(=O)NC(CO)C(=O)NC(CO)C(=O)O. The zero-order valence-electron chi connectivity index (χ0n) is 15.1. The number of aliphatic carboxylic acids is 1. The van der Waals surface area contributed by atoms with Crippen molar-refractivity contribution in [2.24, 2.45) is 22.2 Å². The third-order valence-electron chi connectivity index (χ3n) is 3.36. The van der Waals surface area contributed by atoms with Crippen LogP contribution in [0.2, 0.25) is 0 Å². The number of rotatable bonds is 13. The van der Waals surface area contributed by atoms with E-state index in [1.54, 1.807) is 0 Å². The highest BCUT2D eigenvalue weighted by molar-refractivity contribution is 5.92. The minimum atomic E-state index is -1.59. The minimum Gasteiger partial charge on any atom is -0.480 e. The van der Waals surface area contributed by atoms with Gasteiger partial charge in [-0.15, -0.1) is 0 Å². The van der Waals surface area contributed by atoms with Crippen molar-refractivity contribution in [1.29, 1.82) is 0 Å². The standard InChI is InChI=1S/C14H27N7O7/c15-7(2-1-3-18-14(16)17)11(25)19-4-10(24)20-8(5-22)12(26)21-9(6-23)13(27)28/h7-9,22-23H,1-6,15H2,(H,19,25)(H,20,24)(H,21,26)(H,27,28)(H4,16,17,18). The molecule has 14 heteroatoms. The van der Waals surface area contributed by atoms with Gasteiger partial charge in [-0.1, -0.05) is 0 Å². The Morgan fingerprint density at radius 3 is 2.07 bits per heavy atom. The molecule has 28 heavy (non-hydrogen) atoms. The summed E-state index contributed by atoms with van der Waals surface area (Å²) in [6, 6.07) is -3.96. The van der Waals surface area contributed by atoms with E-state index in [1.165, 1.54) is 0 Å². The van der Waals surface area contributed by atoms with Gasteiger partial charge < -0.3 is 48.5 Å². The van der Waals surface area contributed by atoms with Crippen LogP contribution in [0.25, 0.3) is 0 Å². The Hall–Kier alpha value is -2.97. The molecule has 0 aromatic carbocycles. The molecule has 0 aliphatic carbocycles. The van der Waals surface area contributed by atoms with Crippen LogP contribution < -0.4 is 33.2 Å². The Balaban J connectivity index is 4.38. The Bertz CT molecular complexity index is 580. The third-order valence-corrected chi connectivity index (χ3v) is 3.36. The number of guanidine groups is 1. The van der Waals surface area contributed by atoms with Crippen LogP contribution in [0, 0.1) is 0 Å². The largest absolute Gasteiger partial charge is 0.480 e. The smallest absolute Gasteiger partial charge is 0.328 e. The van der Waals surface area contributed by atoms with E-state index in [4.69, 9.17) is 27.4 Å². The zero-order chi connectivity index (χ0) is 21.7. The molecule has 0 aromatic rings. The molecule has 3 unspecified atom stereocenters. The second kappa shape index (κ2) is 13.2. The number of nitrogens with zero attached hydrogens (tertiary/aromatic N) is 1. The lowest BCUT2D eigenvalue weighted by molar-refractivity contribution is -0.143. The van der Waals surface area contributed by atoms with Crippen LogP contribution in [0.3, 0.4) is 0 Å². The first-order valence-corrected chi connectivity index (χ1v) is 8.25. The number of carboxylic acids is 1. The lowest BCUT2D eigenvalue weighted by atomic mass is 10.1. The molecular formula is C14H27N7O7. The van der Waals surface area contributed by atoms with Gasteiger partial charge >= 0.3 is 5.97 Å². The van der Waals surface area contributed by atoms with Crippen LogP contribution in [0.15, 0.2) is 4.99 Å². The molecule has 0 aromatic heterocycles. The summed E-state index contributed by atoms with van der Waals surface area (Å²) in [5.41, 5.74) is 16.0. The molecule has 0 fully saturated rings. The van der Waals surface area contributed by atoms with Gasteiger partial charge in [0.2, 0.25) is 17.7 Å². The quantitative estimate of drug-likeness (QED) is 0.0797. The van der Waals surface area contributed by atoms with Crippen molar-refractivity contribution in [3.8, 4) is 0 Å². The van der Waals surface area contributed by atoms with E-state index in [0.717, 1.165) is 0 Å². The highest BCUT2D eigenvalue weighted by Crippen LogP contribution is 1.95. The van der Waals surface area contributed by atoms with E-state index >= 15 is 0 Å². The molecule has 3 amide bonds. The maximum Gasteiger partial charge on any atom is 0.328 e. The highest BCUT2D eigenvalue weighted by Gasteiger charge is 2.25. The van der Waals surface area contributed by atoms with Gasteiger partial charge in [-0.2, -0.15) is 0 Å². The molecule has 0 bridgehead atoms. The Kier molecular flexibility index (Phi) is 11.8. The molecule has 14 nitrogen and oxygen atoms in total. The van der Waals surface area contributed by atoms with Gasteiger partial charge in [0.05, 0.1) is 25.8 Å². The molecule has 0 saturated heterocycles. The van der Waals surface area contributed by atoms with Crippen molar-refractivity contribution in [2.75, 3.05) is 26.3 Å². The molecule has 0 spiro atoms. The summed E-state index contributed by atoms with van der Waals surface area (Å²) in [4.78, 5) is 49.9. The van der Waals surface area contributed by atoms with Crippen molar-refractivity contribution in [3.05, 3.63) is 0 Å². The molecule has 0 radical (unpaired) electrons. The Labute approximate surface area is 160 Å². The van der Waals surface area contributed by atoms with Crippen LogP contribution >= 0.6 is 0 Å². The monoisotopic (exact) mass is 405 g/mol. The summed E-state index contributed by atoms with van der Waals surface area (Å²) in [6.07, 6.45) is 0.713. The van der Waals surface area contributed by atoms with Crippen LogP contribution in [0.4, 0.5) is 0 Å². The molecular weight excluding hydrogens is 378 g/mol. The molecule has 0 saturated carbocycles. The lowest BCUT2D eigenvalue weighted by Crippen LogP contribution is -2.55. The van der Waals surface area contributed by atoms with Crippen LogP contribution in [-0.4, -0.2) is 89.4 Å². The number of nitrogens with one attached hydrogen (secondary N) is 3. The number of amides is 3. The number of aliphatic hydroxyl groups is 2. The highest BCUT2D eigenvalue weighted by atomic mass is 16.4. The first-order valence-electron chi connectivity index (χ1n) is 8.25. The first-order chi connectivity index (χ1) is 13.1. The molecule has 0 rings (SSSR count). The summed E-state index contributed by atoms with van der Waals surface area (Å²) in [6.45, 7) is -1.92. The van der Waals surface area contributed by atoms with Crippen molar-refractivity contribution in [3.63, 3.8) is 0 Å². The predicted octanol–water partition coefficient (Wildman–Crippen LogP) is -5.48.